The van der Waals surface area contributed by atoms with Crippen LogP contribution in [0.3, 0.4) is 0 Å². The van der Waals surface area contributed by atoms with Gasteiger partial charge in [0.15, 0.2) is 0 Å². The standard InChI is InChI=1S/C9H18N2O3/c10-8(9(12)13)2-4-11-3-1-6-14-7-5-11/h8H,1-7,10H2,(H,12,13). The number of nitrogens with zero attached hydrogens (tertiary/aromatic N) is 1. The largest absolute Gasteiger partial charge is 0.480 e. The molecule has 14 heavy (non-hydrogen) atoms. The molecule has 0 spiro atoms. The normalized spacial score (nSPS) is 21.5. The third-order valence-electron chi connectivity index (χ3n) is 2.39. The first-order valence-electron chi connectivity index (χ1n) is 4.98. The number of carboxylic acids is 1. The van der Waals surface area contributed by atoms with E-state index >= 15 is 0 Å². The fourth-order valence-corrected chi connectivity index (χ4v) is 1.47. The highest BCUT2D eigenvalue weighted by Gasteiger charge is 2.14. The molecule has 1 heterocycles. The van der Waals surface area contributed by atoms with Crippen LogP contribution in [0.5, 0.6) is 0 Å². The molecule has 1 saturated heterocycles. The molecule has 0 radical (unpaired) electrons. The second-order valence-corrected chi connectivity index (χ2v) is 3.54. The van der Waals surface area contributed by atoms with Gasteiger partial charge in [-0.15, -0.1) is 0 Å². The summed E-state index contributed by atoms with van der Waals surface area (Å²) in [6.45, 7) is 4.15. The Bertz CT molecular complexity index is 179. The summed E-state index contributed by atoms with van der Waals surface area (Å²) in [6.07, 6.45) is 1.53. The van der Waals surface area contributed by atoms with Gasteiger partial charge in [-0.2, -0.15) is 0 Å². The smallest absolute Gasteiger partial charge is 0.320 e. The fourth-order valence-electron chi connectivity index (χ4n) is 1.47. The predicted molar refractivity (Wildman–Crippen MR) is 52.1 cm³/mol. The van der Waals surface area contributed by atoms with E-state index in [2.05, 4.69) is 4.90 Å². The van der Waals surface area contributed by atoms with E-state index in [1.54, 1.807) is 0 Å². The minimum absolute atomic E-state index is 0.509. The molecule has 5 heteroatoms. The third-order valence-corrected chi connectivity index (χ3v) is 2.39. The molecule has 0 aliphatic carbocycles. The van der Waals surface area contributed by atoms with Crippen LogP contribution in [-0.4, -0.2) is 54.9 Å². The summed E-state index contributed by atoms with van der Waals surface area (Å²) in [5, 5.41) is 8.60. The molecule has 5 nitrogen and oxygen atoms in total. The molecule has 1 unspecified atom stereocenters. The lowest BCUT2D eigenvalue weighted by atomic mass is 10.2. The third kappa shape index (κ3) is 4.04. The van der Waals surface area contributed by atoms with Crippen molar-refractivity contribution >= 4 is 5.97 Å². The minimum atomic E-state index is -0.920. The number of rotatable bonds is 4. The van der Waals surface area contributed by atoms with Gasteiger partial charge in [-0.1, -0.05) is 0 Å². The molecule has 1 atom stereocenters. The molecule has 1 rings (SSSR count). The van der Waals surface area contributed by atoms with Crippen molar-refractivity contribution in [3.05, 3.63) is 0 Å². The molecular formula is C9H18N2O3. The van der Waals surface area contributed by atoms with E-state index in [9.17, 15) is 4.79 Å². The van der Waals surface area contributed by atoms with Crippen LogP contribution in [0.4, 0.5) is 0 Å². The van der Waals surface area contributed by atoms with Gasteiger partial charge in [0.05, 0.1) is 6.61 Å². The summed E-state index contributed by atoms with van der Waals surface area (Å²) in [4.78, 5) is 12.7. The van der Waals surface area contributed by atoms with Gasteiger partial charge in [0.25, 0.3) is 0 Å². The monoisotopic (exact) mass is 202 g/mol. The number of carbonyl (C=O) groups is 1. The van der Waals surface area contributed by atoms with Gasteiger partial charge in [-0.05, 0) is 12.8 Å². The summed E-state index contributed by atoms with van der Waals surface area (Å²) in [5.41, 5.74) is 5.42. The van der Waals surface area contributed by atoms with Gasteiger partial charge in [0, 0.05) is 26.2 Å². The maximum Gasteiger partial charge on any atom is 0.320 e. The molecule has 1 aliphatic rings. The molecule has 0 aromatic carbocycles. The minimum Gasteiger partial charge on any atom is -0.480 e. The van der Waals surface area contributed by atoms with Crippen LogP contribution in [0.2, 0.25) is 0 Å². The lowest BCUT2D eigenvalue weighted by molar-refractivity contribution is -0.138. The van der Waals surface area contributed by atoms with Crippen molar-refractivity contribution in [1.82, 2.24) is 4.90 Å². The first-order valence-corrected chi connectivity index (χ1v) is 4.98. The Morgan fingerprint density at radius 3 is 3.00 bits per heavy atom. The molecule has 0 bridgehead atoms. The molecule has 3 N–H and O–H groups in total. The van der Waals surface area contributed by atoms with E-state index in [0.29, 0.717) is 6.42 Å². The highest BCUT2D eigenvalue weighted by molar-refractivity contribution is 5.72. The van der Waals surface area contributed by atoms with E-state index in [1.807, 2.05) is 0 Å². The van der Waals surface area contributed by atoms with E-state index in [4.69, 9.17) is 15.6 Å². The van der Waals surface area contributed by atoms with E-state index in [0.717, 1.165) is 39.3 Å². The second kappa shape index (κ2) is 5.95. The molecule has 0 aromatic rings. The van der Waals surface area contributed by atoms with Crippen LogP contribution in [0.1, 0.15) is 12.8 Å². The SMILES string of the molecule is NC(CCN1CCCOCC1)C(=O)O. The quantitative estimate of drug-likeness (QED) is 0.643. The molecule has 1 fully saturated rings. The summed E-state index contributed by atoms with van der Waals surface area (Å²) in [5.74, 6) is -0.920. The van der Waals surface area contributed by atoms with Gasteiger partial charge in [0.2, 0.25) is 0 Å². The fraction of sp³-hybridized carbons (Fsp3) is 0.889. The van der Waals surface area contributed by atoms with Crippen LogP contribution in [0.25, 0.3) is 0 Å². The second-order valence-electron chi connectivity index (χ2n) is 3.54. The molecule has 1 aliphatic heterocycles. The van der Waals surface area contributed by atoms with Gasteiger partial charge < -0.3 is 20.5 Å². The number of nitrogens with two attached hydrogens (primary N) is 1. The van der Waals surface area contributed by atoms with E-state index in [1.165, 1.54) is 0 Å². The number of carboxylic acid groups (broad SMARTS) is 1. The van der Waals surface area contributed by atoms with Crippen molar-refractivity contribution in [2.45, 2.75) is 18.9 Å². The Morgan fingerprint density at radius 1 is 1.50 bits per heavy atom. The number of hydrogen-bond acceptors (Lipinski definition) is 4. The van der Waals surface area contributed by atoms with Gasteiger partial charge >= 0.3 is 5.97 Å². The Labute approximate surface area is 83.8 Å². The number of aliphatic carboxylic acids is 1. The Kier molecular flexibility index (Phi) is 4.86. The summed E-state index contributed by atoms with van der Waals surface area (Å²) in [7, 11) is 0. The Hall–Kier alpha value is -0.650. The van der Waals surface area contributed by atoms with Crippen LogP contribution in [0.15, 0.2) is 0 Å². The maximum atomic E-state index is 10.5. The summed E-state index contributed by atoms with van der Waals surface area (Å²) >= 11 is 0. The zero-order chi connectivity index (χ0) is 10.4. The molecule has 0 saturated carbocycles. The van der Waals surface area contributed by atoms with E-state index < -0.39 is 12.0 Å². The topological polar surface area (TPSA) is 75.8 Å². The lowest BCUT2D eigenvalue weighted by Crippen LogP contribution is -2.36. The maximum absolute atomic E-state index is 10.5. The number of ether oxygens (including phenoxy) is 1. The lowest BCUT2D eigenvalue weighted by Gasteiger charge is -2.19. The predicted octanol–water partition coefficient (Wildman–Crippen LogP) is -0.489. The Morgan fingerprint density at radius 2 is 2.29 bits per heavy atom. The van der Waals surface area contributed by atoms with Crippen LogP contribution < -0.4 is 5.73 Å². The van der Waals surface area contributed by atoms with Crippen LogP contribution in [0, 0.1) is 0 Å². The first-order chi connectivity index (χ1) is 6.70. The van der Waals surface area contributed by atoms with Crippen molar-refractivity contribution in [3.63, 3.8) is 0 Å². The summed E-state index contributed by atoms with van der Waals surface area (Å²) in [6, 6.07) is -0.737. The van der Waals surface area contributed by atoms with Crippen molar-refractivity contribution in [2.75, 3.05) is 32.8 Å². The molecule has 82 valence electrons. The van der Waals surface area contributed by atoms with Gasteiger partial charge in [0.1, 0.15) is 6.04 Å². The van der Waals surface area contributed by atoms with E-state index in [-0.39, 0.29) is 0 Å². The van der Waals surface area contributed by atoms with Crippen LogP contribution >= 0.6 is 0 Å². The zero-order valence-electron chi connectivity index (χ0n) is 8.32. The Balaban J connectivity index is 2.18. The molecule has 0 amide bonds. The van der Waals surface area contributed by atoms with Crippen molar-refractivity contribution < 1.29 is 14.6 Å². The van der Waals surface area contributed by atoms with Crippen molar-refractivity contribution in [3.8, 4) is 0 Å². The molecule has 0 aromatic heterocycles. The van der Waals surface area contributed by atoms with Crippen molar-refractivity contribution in [1.29, 1.82) is 0 Å². The highest BCUT2D eigenvalue weighted by atomic mass is 16.5. The van der Waals surface area contributed by atoms with Gasteiger partial charge in [-0.3, -0.25) is 4.79 Å². The summed E-state index contributed by atoms with van der Waals surface area (Å²) < 4.78 is 5.29. The zero-order valence-corrected chi connectivity index (χ0v) is 8.32. The number of hydrogen-bond donors (Lipinski definition) is 2. The van der Waals surface area contributed by atoms with Gasteiger partial charge in [-0.25, -0.2) is 0 Å². The van der Waals surface area contributed by atoms with Crippen LogP contribution in [-0.2, 0) is 9.53 Å². The average molecular weight is 202 g/mol. The average Bonchev–Trinajstić information content (AvgIpc) is 2.42. The molecular weight excluding hydrogens is 184 g/mol. The highest BCUT2D eigenvalue weighted by Crippen LogP contribution is 2.01. The first kappa shape index (κ1) is 11.4. The van der Waals surface area contributed by atoms with Crippen molar-refractivity contribution in [2.24, 2.45) is 5.73 Å².